The highest BCUT2D eigenvalue weighted by Gasteiger charge is 2.33. The van der Waals surface area contributed by atoms with Gasteiger partial charge in [0.25, 0.3) is 11.8 Å². The van der Waals surface area contributed by atoms with Crippen LogP contribution in [0, 0.1) is 0 Å². The van der Waals surface area contributed by atoms with Crippen molar-refractivity contribution < 1.29 is 19.1 Å². The van der Waals surface area contributed by atoms with E-state index in [0.717, 1.165) is 18.4 Å². The van der Waals surface area contributed by atoms with Crippen LogP contribution in [-0.4, -0.2) is 36.6 Å². The molecule has 1 fully saturated rings. The van der Waals surface area contributed by atoms with Gasteiger partial charge >= 0.3 is 0 Å². The van der Waals surface area contributed by atoms with E-state index in [4.69, 9.17) is 9.47 Å². The maximum absolute atomic E-state index is 13.0. The highest BCUT2D eigenvalue weighted by Crippen LogP contribution is 2.35. The van der Waals surface area contributed by atoms with Crippen LogP contribution in [-0.2, 0) is 6.54 Å². The van der Waals surface area contributed by atoms with Gasteiger partial charge in [-0.2, -0.15) is 0 Å². The molecule has 0 saturated heterocycles. The zero-order chi connectivity index (χ0) is 18.1. The molecule has 2 aromatic rings. The highest BCUT2D eigenvalue weighted by atomic mass is 16.7. The van der Waals surface area contributed by atoms with E-state index in [1.165, 1.54) is 0 Å². The number of nitrogens with zero attached hydrogens (tertiary/aromatic N) is 1. The van der Waals surface area contributed by atoms with Gasteiger partial charge in [-0.25, -0.2) is 0 Å². The summed E-state index contributed by atoms with van der Waals surface area (Å²) in [5.41, 5.74) is 2.21. The van der Waals surface area contributed by atoms with Gasteiger partial charge in [0.2, 0.25) is 6.79 Å². The zero-order valence-electron chi connectivity index (χ0n) is 14.5. The van der Waals surface area contributed by atoms with E-state index >= 15 is 0 Å². The molecule has 26 heavy (non-hydrogen) atoms. The summed E-state index contributed by atoms with van der Waals surface area (Å²) in [6.07, 6.45) is 2.04. The van der Waals surface area contributed by atoms with Gasteiger partial charge in [-0.1, -0.05) is 12.1 Å². The second-order valence-corrected chi connectivity index (χ2v) is 6.51. The number of rotatable bonds is 5. The van der Waals surface area contributed by atoms with E-state index in [9.17, 15) is 9.59 Å². The van der Waals surface area contributed by atoms with E-state index in [-0.39, 0.29) is 24.6 Å². The summed E-state index contributed by atoms with van der Waals surface area (Å²) in [7, 11) is 1.61. The first-order valence-electron chi connectivity index (χ1n) is 8.67. The fourth-order valence-electron chi connectivity index (χ4n) is 3.05. The molecule has 2 aromatic carbocycles. The Morgan fingerprint density at radius 3 is 2.42 bits per heavy atom. The average Bonchev–Trinajstić information content (AvgIpc) is 3.41. The van der Waals surface area contributed by atoms with E-state index in [1.807, 2.05) is 17.0 Å². The van der Waals surface area contributed by atoms with Crippen LogP contribution in [0.5, 0.6) is 11.5 Å². The Hall–Kier alpha value is -3.02. The number of hydrogen-bond acceptors (Lipinski definition) is 4. The van der Waals surface area contributed by atoms with Crippen molar-refractivity contribution >= 4 is 11.8 Å². The van der Waals surface area contributed by atoms with Gasteiger partial charge in [-0.3, -0.25) is 9.59 Å². The SMILES string of the molecule is CNC(=O)c1ccc(CN(C(=O)c2ccc3c(c2)OCO3)C2CC2)cc1. The lowest BCUT2D eigenvalue weighted by atomic mass is 10.1. The Morgan fingerprint density at radius 1 is 1.04 bits per heavy atom. The number of amides is 2. The summed E-state index contributed by atoms with van der Waals surface area (Å²) < 4.78 is 10.7. The lowest BCUT2D eigenvalue weighted by Gasteiger charge is -2.23. The lowest BCUT2D eigenvalue weighted by molar-refractivity contribution is 0.0729. The highest BCUT2D eigenvalue weighted by molar-refractivity contribution is 5.95. The summed E-state index contributed by atoms with van der Waals surface area (Å²) >= 11 is 0. The number of fused-ring (bicyclic) bond motifs is 1. The standard InChI is InChI=1S/C20H20N2O4/c1-21-19(23)14-4-2-13(3-5-14)11-22(16-7-8-16)20(24)15-6-9-17-18(10-15)26-12-25-17/h2-6,9-10,16H,7-8,11-12H2,1H3,(H,21,23). The maximum atomic E-state index is 13.0. The minimum Gasteiger partial charge on any atom is -0.454 e. The Balaban J connectivity index is 1.52. The van der Waals surface area contributed by atoms with Crippen LogP contribution in [0.3, 0.4) is 0 Å². The summed E-state index contributed by atoms with van der Waals surface area (Å²) in [5.74, 6) is 1.15. The van der Waals surface area contributed by atoms with E-state index in [1.54, 1.807) is 37.4 Å². The van der Waals surface area contributed by atoms with Crippen LogP contribution in [0.4, 0.5) is 0 Å². The third-order valence-corrected chi connectivity index (χ3v) is 4.66. The Morgan fingerprint density at radius 2 is 1.73 bits per heavy atom. The van der Waals surface area contributed by atoms with Gasteiger partial charge in [-0.05, 0) is 48.7 Å². The number of ether oxygens (including phenoxy) is 2. The number of hydrogen-bond donors (Lipinski definition) is 1. The third kappa shape index (κ3) is 3.22. The van der Waals surface area contributed by atoms with Crippen molar-refractivity contribution in [2.24, 2.45) is 0 Å². The molecule has 6 heteroatoms. The number of nitrogens with one attached hydrogen (secondary N) is 1. The monoisotopic (exact) mass is 352 g/mol. The molecule has 4 rings (SSSR count). The molecule has 0 aromatic heterocycles. The maximum Gasteiger partial charge on any atom is 0.254 e. The molecule has 0 bridgehead atoms. The van der Waals surface area contributed by atoms with E-state index < -0.39 is 0 Å². The van der Waals surface area contributed by atoms with Crippen LogP contribution >= 0.6 is 0 Å². The van der Waals surface area contributed by atoms with Crippen molar-refractivity contribution in [1.29, 1.82) is 0 Å². The van der Waals surface area contributed by atoms with Crippen LogP contribution in [0.2, 0.25) is 0 Å². The molecule has 2 aliphatic rings. The van der Waals surface area contributed by atoms with Gasteiger partial charge in [0.05, 0.1) is 0 Å². The molecule has 1 saturated carbocycles. The van der Waals surface area contributed by atoms with Crippen molar-refractivity contribution in [3.63, 3.8) is 0 Å². The van der Waals surface area contributed by atoms with Gasteiger partial charge in [0, 0.05) is 30.8 Å². The molecular formula is C20H20N2O4. The van der Waals surface area contributed by atoms with E-state index in [0.29, 0.717) is 29.2 Å². The topological polar surface area (TPSA) is 67.9 Å². The van der Waals surface area contributed by atoms with E-state index in [2.05, 4.69) is 5.32 Å². The van der Waals surface area contributed by atoms with Crippen molar-refractivity contribution in [2.75, 3.05) is 13.8 Å². The predicted molar refractivity (Wildman–Crippen MR) is 95.3 cm³/mol. The summed E-state index contributed by atoms with van der Waals surface area (Å²) in [5, 5.41) is 2.60. The molecule has 6 nitrogen and oxygen atoms in total. The summed E-state index contributed by atoms with van der Waals surface area (Å²) in [6.45, 7) is 0.711. The largest absolute Gasteiger partial charge is 0.454 e. The molecule has 0 radical (unpaired) electrons. The minimum atomic E-state index is -0.118. The van der Waals surface area contributed by atoms with Gasteiger partial charge in [0.1, 0.15) is 0 Å². The fourth-order valence-corrected chi connectivity index (χ4v) is 3.05. The first kappa shape index (κ1) is 16.4. The van der Waals surface area contributed by atoms with Crippen LogP contribution in [0.15, 0.2) is 42.5 Å². The molecule has 0 unspecified atom stereocenters. The number of carbonyl (C=O) groups is 2. The van der Waals surface area contributed by atoms with Crippen LogP contribution in [0.25, 0.3) is 0 Å². The molecule has 1 aliphatic carbocycles. The molecular weight excluding hydrogens is 332 g/mol. The van der Waals surface area contributed by atoms with Crippen molar-refractivity contribution in [1.82, 2.24) is 10.2 Å². The normalized spacial score (nSPS) is 14.8. The predicted octanol–water partition coefficient (Wildman–Crippen LogP) is 2.58. The van der Waals surface area contributed by atoms with Crippen LogP contribution < -0.4 is 14.8 Å². The molecule has 1 aliphatic heterocycles. The van der Waals surface area contributed by atoms with Crippen molar-refractivity contribution in [3.05, 3.63) is 59.2 Å². The molecule has 134 valence electrons. The van der Waals surface area contributed by atoms with Gasteiger partial charge in [0.15, 0.2) is 11.5 Å². The fraction of sp³-hybridized carbons (Fsp3) is 0.300. The van der Waals surface area contributed by atoms with Crippen molar-refractivity contribution in [3.8, 4) is 11.5 Å². The second kappa shape index (κ2) is 6.71. The molecule has 0 spiro atoms. The smallest absolute Gasteiger partial charge is 0.254 e. The third-order valence-electron chi connectivity index (χ3n) is 4.66. The Kier molecular flexibility index (Phi) is 4.24. The minimum absolute atomic E-state index is 0.0128. The quantitative estimate of drug-likeness (QED) is 0.898. The summed E-state index contributed by atoms with van der Waals surface area (Å²) in [4.78, 5) is 26.6. The average molecular weight is 352 g/mol. The number of carbonyl (C=O) groups excluding carboxylic acids is 2. The molecule has 0 atom stereocenters. The molecule has 2 amide bonds. The Labute approximate surface area is 151 Å². The molecule has 1 heterocycles. The first-order valence-corrected chi connectivity index (χ1v) is 8.67. The second-order valence-electron chi connectivity index (χ2n) is 6.51. The molecule has 1 N–H and O–H groups in total. The zero-order valence-corrected chi connectivity index (χ0v) is 14.5. The summed E-state index contributed by atoms with van der Waals surface area (Å²) in [6, 6.07) is 12.9. The Bertz CT molecular complexity index is 843. The lowest BCUT2D eigenvalue weighted by Crippen LogP contribution is -2.32. The van der Waals surface area contributed by atoms with Crippen LogP contribution in [0.1, 0.15) is 39.1 Å². The number of benzene rings is 2. The van der Waals surface area contributed by atoms with Gasteiger partial charge in [-0.15, -0.1) is 0 Å². The first-order chi connectivity index (χ1) is 12.7. The van der Waals surface area contributed by atoms with Crippen molar-refractivity contribution in [2.45, 2.75) is 25.4 Å². The van der Waals surface area contributed by atoms with Gasteiger partial charge < -0.3 is 19.7 Å².